The monoisotopic (exact) mass is 267 g/mol. The SMILES string of the molecule is CNC1(C(N)=O)CCCC(N(C)CC2CCCC2)C1. The summed E-state index contributed by atoms with van der Waals surface area (Å²) in [4.78, 5) is 14.2. The van der Waals surface area contributed by atoms with Gasteiger partial charge in [-0.15, -0.1) is 0 Å². The number of carbonyl (C=O) groups excluding carboxylic acids is 1. The topological polar surface area (TPSA) is 58.4 Å². The summed E-state index contributed by atoms with van der Waals surface area (Å²) in [6.07, 6.45) is 9.57. The molecule has 2 fully saturated rings. The van der Waals surface area contributed by atoms with E-state index >= 15 is 0 Å². The molecule has 0 aliphatic heterocycles. The average Bonchev–Trinajstić information content (AvgIpc) is 2.91. The van der Waals surface area contributed by atoms with Gasteiger partial charge < -0.3 is 16.0 Å². The first-order valence-corrected chi connectivity index (χ1v) is 7.76. The van der Waals surface area contributed by atoms with Crippen molar-refractivity contribution in [2.75, 3.05) is 20.6 Å². The van der Waals surface area contributed by atoms with E-state index in [9.17, 15) is 4.79 Å². The van der Waals surface area contributed by atoms with Gasteiger partial charge in [-0.1, -0.05) is 12.8 Å². The van der Waals surface area contributed by atoms with Crippen molar-refractivity contribution in [2.45, 2.75) is 62.9 Å². The Labute approximate surface area is 117 Å². The first-order valence-electron chi connectivity index (χ1n) is 7.76. The van der Waals surface area contributed by atoms with Crippen molar-refractivity contribution in [3.63, 3.8) is 0 Å². The van der Waals surface area contributed by atoms with Gasteiger partial charge in [0.15, 0.2) is 0 Å². The van der Waals surface area contributed by atoms with Gasteiger partial charge in [-0.05, 0) is 58.5 Å². The Morgan fingerprint density at radius 3 is 2.58 bits per heavy atom. The zero-order valence-corrected chi connectivity index (χ0v) is 12.5. The number of primary amides is 1. The highest BCUT2D eigenvalue weighted by Gasteiger charge is 2.41. The lowest BCUT2D eigenvalue weighted by molar-refractivity contribution is -0.126. The van der Waals surface area contributed by atoms with Crippen molar-refractivity contribution in [1.82, 2.24) is 10.2 Å². The quantitative estimate of drug-likeness (QED) is 0.793. The van der Waals surface area contributed by atoms with Crippen LogP contribution in [0.4, 0.5) is 0 Å². The second kappa shape index (κ2) is 6.23. The molecule has 2 rings (SSSR count). The van der Waals surface area contributed by atoms with E-state index in [1.54, 1.807) is 0 Å². The number of hydrogen-bond acceptors (Lipinski definition) is 3. The van der Waals surface area contributed by atoms with Crippen molar-refractivity contribution in [3.8, 4) is 0 Å². The number of nitrogens with two attached hydrogens (primary N) is 1. The van der Waals surface area contributed by atoms with Gasteiger partial charge in [-0.3, -0.25) is 4.79 Å². The molecular formula is C15H29N3O. The van der Waals surface area contributed by atoms with Crippen LogP contribution < -0.4 is 11.1 Å². The Hall–Kier alpha value is -0.610. The molecule has 0 aromatic rings. The first kappa shape index (κ1) is 14.8. The molecular weight excluding hydrogens is 238 g/mol. The summed E-state index contributed by atoms with van der Waals surface area (Å²) in [6.45, 7) is 1.18. The van der Waals surface area contributed by atoms with E-state index in [0.717, 1.165) is 25.2 Å². The van der Waals surface area contributed by atoms with Crippen molar-refractivity contribution in [3.05, 3.63) is 0 Å². The predicted molar refractivity (Wildman–Crippen MR) is 77.8 cm³/mol. The number of rotatable bonds is 5. The molecule has 2 aliphatic rings. The molecule has 2 unspecified atom stereocenters. The van der Waals surface area contributed by atoms with E-state index in [4.69, 9.17) is 5.73 Å². The fourth-order valence-electron chi connectivity index (χ4n) is 3.95. The van der Waals surface area contributed by atoms with Crippen molar-refractivity contribution >= 4 is 5.91 Å². The Morgan fingerprint density at radius 2 is 2.00 bits per heavy atom. The zero-order chi connectivity index (χ0) is 13.9. The summed E-state index contributed by atoms with van der Waals surface area (Å²) >= 11 is 0. The highest BCUT2D eigenvalue weighted by atomic mass is 16.1. The molecule has 2 atom stereocenters. The van der Waals surface area contributed by atoms with Crippen molar-refractivity contribution in [2.24, 2.45) is 11.7 Å². The Kier molecular flexibility index (Phi) is 4.85. The minimum Gasteiger partial charge on any atom is -0.368 e. The lowest BCUT2D eigenvalue weighted by Gasteiger charge is -2.42. The van der Waals surface area contributed by atoms with Crippen LogP contribution in [0.1, 0.15) is 51.4 Å². The summed E-state index contributed by atoms with van der Waals surface area (Å²) in [6, 6.07) is 0.495. The maximum Gasteiger partial charge on any atom is 0.237 e. The maximum absolute atomic E-state index is 11.8. The van der Waals surface area contributed by atoms with Crippen LogP contribution in [-0.4, -0.2) is 43.0 Å². The molecule has 1 amide bonds. The lowest BCUT2D eigenvalue weighted by atomic mass is 9.78. The number of hydrogen-bond donors (Lipinski definition) is 2. The van der Waals surface area contributed by atoms with Gasteiger partial charge in [0, 0.05) is 12.6 Å². The Morgan fingerprint density at radius 1 is 1.32 bits per heavy atom. The summed E-state index contributed by atoms with van der Waals surface area (Å²) < 4.78 is 0. The number of likely N-dealkylation sites (N-methyl/N-ethyl adjacent to an activating group) is 1. The molecule has 0 aromatic heterocycles. The molecule has 3 N–H and O–H groups in total. The summed E-state index contributed by atoms with van der Waals surface area (Å²) in [5.41, 5.74) is 5.14. The molecule has 0 aromatic carbocycles. The molecule has 0 saturated heterocycles. The van der Waals surface area contributed by atoms with E-state index < -0.39 is 5.54 Å². The van der Waals surface area contributed by atoms with Crippen LogP contribution in [0.25, 0.3) is 0 Å². The van der Waals surface area contributed by atoms with Gasteiger partial charge >= 0.3 is 0 Å². The third-order valence-corrected chi connectivity index (χ3v) is 5.32. The molecule has 2 saturated carbocycles. The van der Waals surface area contributed by atoms with Crippen molar-refractivity contribution < 1.29 is 4.79 Å². The molecule has 110 valence electrons. The normalized spacial score (nSPS) is 32.9. The molecule has 2 aliphatic carbocycles. The maximum atomic E-state index is 11.8. The molecule has 4 nitrogen and oxygen atoms in total. The minimum absolute atomic E-state index is 0.186. The number of nitrogens with one attached hydrogen (secondary N) is 1. The number of carbonyl (C=O) groups is 1. The Bertz CT molecular complexity index is 315. The van der Waals surface area contributed by atoms with Crippen LogP contribution in [0.2, 0.25) is 0 Å². The smallest absolute Gasteiger partial charge is 0.237 e. The van der Waals surface area contributed by atoms with Gasteiger partial charge in [0.25, 0.3) is 0 Å². The van der Waals surface area contributed by atoms with E-state index in [1.165, 1.54) is 38.6 Å². The second-order valence-corrected chi connectivity index (χ2v) is 6.54. The highest BCUT2D eigenvalue weighted by molar-refractivity contribution is 5.84. The lowest BCUT2D eigenvalue weighted by Crippen LogP contribution is -2.59. The largest absolute Gasteiger partial charge is 0.368 e. The van der Waals surface area contributed by atoms with Crippen LogP contribution in [-0.2, 0) is 4.79 Å². The second-order valence-electron chi connectivity index (χ2n) is 6.54. The van der Waals surface area contributed by atoms with Gasteiger partial charge in [0.05, 0.1) is 5.54 Å². The van der Waals surface area contributed by atoms with E-state index in [2.05, 4.69) is 17.3 Å². The minimum atomic E-state index is -0.479. The summed E-state index contributed by atoms with van der Waals surface area (Å²) in [5.74, 6) is 0.679. The van der Waals surface area contributed by atoms with Gasteiger partial charge in [0.2, 0.25) is 5.91 Å². The standard InChI is InChI=1S/C15H29N3O/c1-17-15(14(16)19)9-5-8-13(10-15)18(2)11-12-6-3-4-7-12/h12-13,17H,3-11H2,1-2H3,(H2,16,19). The van der Waals surface area contributed by atoms with Crippen LogP contribution in [0.3, 0.4) is 0 Å². The fraction of sp³-hybridized carbons (Fsp3) is 0.933. The van der Waals surface area contributed by atoms with Crippen molar-refractivity contribution in [1.29, 1.82) is 0 Å². The molecule has 19 heavy (non-hydrogen) atoms. The van der Waals surface area contributed by atoms with Crippen LogP contribution >= 0.6 is 0 Å². The molecule has 0 radical (unpaired) electrons. The summed E-state index contributed by atoms with van der Waals surface area (Å²) in [5, 5.41) is 3.19. The molecule has 4 heteroatoms. The van der Waals surface area contributed by atoms with Crippen LogP contribution in [0.15, 0.2) is 0 Å². The average molecular weight is 267 g/mol. The fourth-order valence-corrected chi connectivity index (χ4v) is 3.95. The number of amides is 1. The summed E-state index contributed by atoms with van der Waals surface area (Å²) in [7, 11) is 4.08. The Balaban J connectivity index is 1.93. The highest BCUT2D eigenvalue weighted by Crippen LogP contribution is 2.32. The van der Waals surface area contributed by atoms with E-state index in [-0.39, 0.29) is 5.91 Å². The van der Waals surface area contributed by atoms with E-state index in [0.29, 0.717) is 6.04 Å². The molecule has 0 bridgehead atoms. The molecule has 0 spiro atoms. The van der Waals surface area contributed by atoms with Gasteiger partial charge in [-0.2, -0.15) is 0 Å². The van der Waals surface area contributed by atoms with E-state index in [1.807, 2.05) is 7.05 Å². The third kappa shape index (κ3) is 3.29. The predicted octanol–water partition coefficient (Wildman–Crippen LogP) is 1.49. The third-order valence-electron chi connectivity index (χ3n) is 5.32. The van der Waals surface area contributed by atoms with Crippen LogP contribution in [0, 0.1) is 5.92 Å². The number of nitrogens with zero attached hydrogens (tertiary/aromatic N) is 1. The zero-order valence-electron chi connectivity index (χ0n) is 12.5. The first-order chi connectivity index (χ1) is 9.07. The van der Waals surface area contributed by atoms with Gasteiger partial charge in [-0.25, -0.2) is 0 Å². The van der Waals surface area contributed by atoms with Gasteiger partial charge in [0.1, 0.15) is 0 Å². The molecule has 0 heterocycles. The van der Waals surface area contributed by atoms with Crippen LogP contribution in [0.5, 0.6) is 0 Å².